The van der Waals surface area contributed by atoms with Gasteiger partial charge >= 0.3 is 0 Å². The number of halogens is 30. The maximum Gasteiger partial charge on any atom is 0.265 e. The summed E-state index contributed by atoms with van der Waals surface area (Å²) in [7, 11) is 2.34. The molecule has 1 aromatic heterocycles. The molecule has 1 heterocycles. The first-order valence-corrected chi connectivity index (χ1v) is 38.6. The summed E-state index contributed by atoms with van der Waals surface area (Å²) in [6.07, 6.45) is 48.5. The Morgan fingerprint density at radius 1 is 0.231 bits per heavy atom. The minimum absolute atomic E-state index is 1.05. The molecule has 7 aromatic carbocycles. The van der Waals surface area contributed by atoms with Crippen molar-refractivity contribution < 1.29 is 132 Å². The van der Waals surface area contributed by atoms with E-state index in [4.69, 9.17) is 0 Å². The lowest BCUT2D eigenvalue weighted by atomic mass is 9.36. The minimum atomic E-state index is -3.96. The van der Waals surface area contributed by atoms with Gasteiger partial charge in [0, 0.05) is 32.8 Å². The molecule has 0 aliphatic heterocycles. The molecule has 0 radical (unpaired) electrons. The highest BCUT2D eigenvalue weighted by atomic mass is 19.2. The Morgan fingerprint density at radius 2 is 0.385 bits per heavy atom. The van der Waals surface area contributed by atoms with Crippen LogP contribution in [0.1, 0.15) is 230 Å². The van der Waals surface area contributed by atoms with Crippen molar-refractivity contribution in [2.75, 3.05) is 20.1 Å². The molecule has 8 rings (SSSR count). The van der Waals surface area contributed by atoms with Gasteiger partial charge in [-0.25, -0.2) is 137 Å². The van der Waals surface area contributed by atoms with Crippen LogP contribution in [0.25, 0.3) is 11.0 Å². The number of H-pyrrole nitrogens is 1. The zero-order valence-corrected chi connectivity index (χ0v) is 64.7. The topological polar surface area (TPSA) is 31.9 Å². The van der Waals surface area contributed by atoms with Crippen LogP contribution in [0.4, 0.5) is 132 Å². The zero-order valence-electron chi connectivity index (χ0n) is 64.7. The molecule has 646 valence electrons. The second-order valence-corrected chi connectivity index (χ2v) is 28.5. The number of fused-ring (bicyclic) bond motifs is 1. The van der Waals surface area contributed by atoms with E-state index in [1.165, 1.54) is 230 Å². The minimum Gasteiger partial charge on any atom is -0.345 e. The zero-order chi connectivity index (χ0) is 87.4. The molecular formula is C82H87B2F30N3. The molecule has 0 aliphatic rings. The molecule has 0 bridgehead atoms. The van der Waals surface area contributed by atoms with Crippen LogP contribution in [-0.2, 0) is 0 Å². The van der Waals surface area contributed by atoms with Gasteiger partial charge in [-0.3, -0.25) is 0 Å². The quantitative estimate of drug-likeness (QED) is 0.0136. The highest BCUT2D eigenvalue weighted by Crippen LogP contribution is 2.29. The molecule has 0 saturated heterocycles. The lowest BCUT2D eigenvalue weighted by Gasteiger charge is -2.21. The summed E-state index contributed by atoms with van der Waals surface area (Å²) < 4.78 is 417. The second kappa shape index (κ2) is 48.3. The summed E-state index contributed by atoms with van der Waals surface area (Å²) in [6.45, 7) is 3.54. The SMILES string of the molecule is CCCCCCCCCCCCCCCCCCN(C)CCCCCCCCCCCCCCCCCC.Cc1cc2nc[nH]c2cc1C.Fc1c(F)c(F)c(B(c2c(F)c(F)c(F)c(F)c2F)c2c(F)c(F)c(F)c(F)c2F)c(F)c1F.Fc1c(F)c(F)c(B(c2c(F)c(F)c(F)c(F)c2F)c2c(F)c(F)c(F)c(F)c2F)c(F)c1F. The standard InChI is InChI=1S/C37H77N.2C18BF15.C9H10N2/c1-4-6-8-10-12-14-16-18-20-22-24-26-28-30-32-34-36-38(3)37-35-33-31-29-27-25-23-21-19-17-15-13-11-9-7-5-2;2*20-4-1(5(21)11(27)16(32)10(4)26)19(2-6(22)12(28)17(33)13(29)7(2)23)3-8(24)14(30)18(34)15(31)9(3)25;1-6-3-8-9(4-7(6)2)11-5-10-8/h4-37H2,1-3H3;;;3-5H,1-2H3,(H,10,11). The van der Waals surface area contributed by atoms with Crippen LogP contribution in [0.2, 0.25) is 0 Å². The summed E-state index contributed by atoms with van der Waals surface area (Å²) >= 11 is 0. The molecule has 0 aliphatic carbocycles. The molecule has 117 heavy (non-hydrogen) atoms. The molecule has 0 spiro atoms. The number of aryl methyl sites for hydroxylation is 2. The third kappa shape index (κ3) is 25.5. The predicted molar refractivity (Wildman–Crippen MR) is 389 cm³/mol. The number of aromatic nitrogens is 2. The monoisotopic (exact) mass is 1710 g/mol. The molecule has 3 nitrogen and oxygen atoms in total. The first-order chi connectivity index (χ1) is 55.4. The maximum absolute atomic E-state index is 14.4. The van der Waals surface area contributed by atoms with Crippen LogP contribution in [0.5, 0.6) is 0 Å². The largest absolute Gasteiger partial charge is 0.345 e. The molecule has 0 saturated carbocycles. The van der Waals surface area contributed by atoms with Gasteiger partial charge in [0.2, 0.25) is 0 Å². The molecule has 0 fully saturated rings. The van der Waals surface area contributed by atoms with Gasteiger partial charge in [-0.15, -0.1) is 0 Å². The predicted octanol–water partition coefficient (Wildman–Crippen LogP) is 24.2. The lowest BCUT2D eigenvalue weighted by molar-refractivity contribution is 0.314. The highest BCUT2D eigenvalue weighted by Gasteiger charge is 2.48. The van der Waals surface area contributed by atoms with Gasteiger partial charge in [0.1, 0.15) is 0 Å². The highest BCUT2D eigenvalue weighted by molar-refractivity contribution is 6.96. The Bertz CT molecular complexity index is 3810. The Kier molecular flexibility index (Phi) is 41.1. The number of aromatic amines is 1. The summed E-state index contributed by atoms with van der Waals surface area (Å²) in [6, 6.07) is 4.22. The van der Waals surface area contributed by atoms with Gasteiger partial charge in [0.05, 0.1) is 17.4 Å². The molecule has 0 unspecified atom stereocenters. The lowest BCUT2D eigenvalue weighted by Crippen LogP contribution is -2.60. The molecule has 8 aromatic rings. The third-order valence-corrected chi connectivity index (χ3v) is 20.0. The van der Waals surface area contributed by atoms with E-state index in [-0.39, 0.29) is 0 Å². The van der Waals surface area contributed by atoms with Crippen molar-refractivity contribution in [1.82, 2.24) is 14.9 Å². The van der Waals surface area contributed by atoms with Crippen molar-refractivity contribution in [1.29, 1.82) is 0 Å². The van der Waals surface area contributed by atoms with Crippen LogP contribution >= 0.6 is 0 Å². The van der Waals surface area contributed by atoms with Crippen molar-refractivity contribution in [2.45, 2.75) is 233 Å². The van der Waals surface area contributed by atoms with Gasteiger partial charge in [-0.05, 0) is 70.1 Å². The van der Waals surface area contributed by atoms with Gasteiger partial charge in [0.15, 0.2) is 175 Å². The van der Waals surface area contributed by atoms with E-state index in [0.29, 0.717) is 0 Å². The number of hydrogen-bond acceptors (Lipinski definition) is 2. The Balaban J connectivity index is 0.000000292. The van der Waals surface area contributed by atoms with Gasteiger partial charge < -0.3 is 9.88 Å². The van der Waals surface area contributed by atoms with E-state index in [2.05, 4.69) is 61.7 Å². The van der Waals surface area contributed by atoms with E-state index in [9.17, 15) is 132 Å². The van der Waals surface area contributed by atoms with Crippen LogP contribution in [-0.4, -0.2) is 48.4 Å². The van der Waals surface area contributed by atoms with Crippen molar-refractivity contribution in [2.24, 2.45) is 0 Å². The molecule has 35 heteroatoms. The van der Waals surface area contributed by atoms with Gasteiger partial charge in [0.25, 0.3) is 13.4 Å². The van der Waals surface area contributed by atoms with Crippen LogP contribution in [0, 0.1) is 188 Å². The first kappa shape index (κ1) is 99.6. The van der Waals surface area contributed by atoms with E-state index in [1.54, 1.807) is 6.33 Å². The van der Waals surface area contributed by atoms with Gasteiger partial charge in [-0.2, -0.15) is 0 Å². The van der Waals surface area contributed by atoms with Crippen LogP contribution in [0.15, 0.2) is 18.5 Å². The maximum atomic E-state index is 14.4. The van der Waals surface area contributed by atoms with E-state index < -0.39 is 221 Å². The number of rotatable bonds is 40. The Hall–Kier alpha value is -8.00. The fourth-order valence-electron chi connectivity index (χ4n) is 13.3. The van der Waals surface area contributed by atoms with Crippen molar-refractivity contribution in [3.8, 4) is 0 Å². The normalized spacial score (nSPS) is 11.4. The average molecular weight is 1710 g/mol. The van der Waals surface area contributed by atoms with Crippen LogP contribution in [0.3, 0.4) is 0 Å². The van der Waals surface area contributed by atoms with Crippen molar-refractivity contribution in [3.63, 3.8) is 0 Å². The molecular weight excluding hydrogens is 1620 g/mol. The Morgan fingerprint density at radius 3 is 0.564 bits per heavy atom. The van der Waals surface area contributed by atoms with Gasteiger partial charge in [-0.1, -0.05) is 206 Å². The first-order valence-electron chi connectivity index (χ1n) is 38.6. The number of benzene rings is 7. The fraction of sp³-hybridized carbons (Fsp3) is 0.476. The van der Waals surface area contributed by atoms with E-state index in [1.807, 2.05) is 0 Å². The summed E-state index contributed by atoms with van der Waals surface area (Å²) in [4.78, 5) is 9.83. The fourth-order valence-corrected chi connectivity index (χ4v) is 13.3. The number of nitrogens with zero attached hydrogens (tertiary/aromatic N) is 2. The Labute approximate surface area is 659 Å². The number of hydrogen-bond donors (Lipinski definition) is 1. The third-order valence-electron chi connectivity index (χ3n) is 20.0. The number of nitrogens with one attached hydrogen (secondary N) is 1. The number of imidazole rings is 1. The smallest absolute Gasteiger partial charge is 0.265 e. The van der Waals surface area contributed by atoms with Crippen LogP contribution < -0.4 is 32.8 Å². The molecule has 0 atom stereocenters. The van der Waals surface area contributed by atoms with E-state index >= 15 is 0 Å². The average Bonchev–Trinajstić information content (AvgIpc) is 0.852. The molecule has 0 amide bonds. The molecule has 1 N–H and O–H groups in total. The van der Waals surface area contributed by atoms with E-state index in [0.717, 1.165) is 11.0 Å². The van der Waals surface area contributed by atoms with Crippen molar-refractivity contribution >= 4 is 57.2 Å². The van der Waals surface area contributed by atoms with Crippen molar-refractivity contribution in [3.05, 3.63) is 204 Å². The summed E-state index contributed by atoms with van der Waals surface area (Å²) in [5, 5.41) is 0. The summed E-state index contributed by atoms with van der Waals surface area (Å²) in [5.74, 6) is -90.4. The second-order valence-electron chi connectivity index (χ2n) is 28.5. The summed E-state index contributed by atoms with van der Waals surface area (Å²) in [5.41, 5.74) is -11.3. The number of unbranched alkanes of at least 4 members (excludes halogenated alkanes) is 30.